The summed E-state index contributed by atoms with van der Waals surface area (Å²) < 4.78 is 5.83. The number of rotatable bonds is 1. The fourth-order valence-corrected chi connectivity index (χ4v) is 2.03. The summed E-state index contributed by atoms with van der Waals surface area (Å²) >= 11 is 0. The number of carbonyl (C=O) groups excluding carboxylic acids is 1. The van der Waals surface area contributed by atoms with E-state index in [1.54, 1.807) is 18.5 Å². The van der Waals surface area contributed by atoms with E-state index in [9.17, 15) is 4.79 Å². The molecule has 1 aromatic heterocycles. The highest BCUT2D eigenvalue weighted by Gasteiger charge is 2.27. The Labute approximate surface area is 99.1 Å². The summed E-state index contributed by atoms with van der Waals surface area (Å²) in [5, 5.41) is 0. The fraction of sp³-hybridized carbons (Fsp3) is 0.143. The second-order valence-electron chi connectivity index (χ2n) is 4.02. The Bertz CT molecular complexity index is 551. The Morgan fingerprint density at radius 2 is 2.06 bits per heavy atom. The predicted molar refractivity (Wildman–Crippen MR) is 63.0 cm³/mol. The van der Waals surface area contributed by atoms with Gasteiger partial charge in [-0.2, -0.15) is 0 Å². The van der Waals surface area contributed by atoms with Gasteiger partial charge in [0.05, 0.1) is 12.0 Å². The number of fused-ring (bicyclic) bond motifs is 1. The van der Waals surface area contributed by atoms with Crippen LogP contribution in [0.3, 0.4) is 0 Å². The third-order valence-electron chi connectivity index (χ3n) is 2.88. The first-order valence-electron chi connectivity index (χ1n) is 5.53. The van der Waals surface area contributed by atoms with Crippen LogP contribution in [0.1, 0.15) is 28.4 Å². The SMILES string of the molecule is O=C1CC(c2cccnc2)Oc2ccccc21. The van der Waals surface area contributed by atoms with E-state index < -0.39 is 0 Å². The highest BCUT2D eigenvalue weighted by molar-refractivity contribution is 5.99. The average Bonchev–Trinajstić information content (AvgIpc) is 2.40. The van der Waals surface area contributed by atoms with Crippen molar-refractivity contribution in [1.82, 2.24) is 4.98 Å². The molecule has 2 heterocycles. The number of hydrogen-bond acceptors (Lipinski definition) is 3. The number of ether oxygens (including phenoxy) is 1. The molecule has 3 nitrogen and oxygen atoms in total. The lowest BCUT2D eigenvalue weighted by molar-refractivity contribution is 0.0850. The molecule has 84 valence electrons. The van der Waals surface area contributed by atoms with Crippen molar-refractivity contribution in [2.24, 2.45) is 0 Å². The summed E-state index contributed by atoms with van der Waals surface area (Å²) in [7, 11) is 0. The summed E-state index contributed by atoms with van der Waals surface area (Å²) in [5.41, 5.74) is 1.61. The molecule has 0 saturated heterocycles. The van der Waals surface area contributed by atoms with Gasteiger partial charge >= 0.3 is 0 Å². The highest BCUT2D eigenvalue weighted by atomic mass is 16.5. The monoisotopic (exact) mass is 225 g/mol. The Kier molecular flexibility index (Phi) is 2.37. The Balaban J connectivity index is 1.97. The summed E-state index contributed by atoms with van der Waals surface area (Å²) in [5.74, 6) is 0.790. The Morgan fingerprint density at radius 1 is 1.18 bits per heavy atom. The first kappa shape index (κ1) is 10.0. The largest absolute Gasteiger partial charge is 0.484 e. The van der Waals surface area contributed by atoms with Gasteiger partial charge in [-0.3, -0.25) is 9.78 Å². The van der Waals surface area contributed by atoms with Gasteiger partial charge in [0.25, 0.3) is 0 Å². The topological polar surface area (TPSA) is 39.2 Å². The molecule has 1 aliphatic rings. The zero-order valence-corrected chi connectivity index (χ0v) is 9.17. The standard InChI is InChI=1S/C14H11NO2/c16-12-8-14(10-4-3-7-15-9-10)17-13-6-2-1-5-11(12)13/h1-7,9,14H,8H2. The summed E-state index contributed by atoms with van der Waals surface area (Å²) in [4.78, 5) is 16.0. The van der Waals surface area contributed by atoms with E-state index >= 15 is 0 Å². The maximum Gasteiger partial charge on any atom is 0.170 e. The van der Waals surface area contributed by atoms with E-state index in [4.69, 9.17) is 4.74 Å². The first-order valence-corrected chi connectivity index (χ1v) is 5.53. The van der Waals surface area contributed by atoms with Crippen LogP contribution in [0.25, 0.3) is 0 Å². The van der Waals surface area contributed by atoms with E-state index in [0.29, 0.717) is 17.7 Å². The number of para-hydroxylation sites is 1. The molecule has 0 fully saturated rings. The molecule has 0 radical (unpaired) electrons. The number of aromatic nitrogens is 1. The van der Waals surface area contributed by atoms with Crippen molar-refractivity contribution in [3.8, 4) is 5.75 Å². The maximum absolute atomic E-state index is 12.0. The molecule has 3 heteroatoms. The number of Topliss-reactive ketones (excluding diaryl/α,β-unsaturated/α-hetero) is 1. The van der Waals surface area contributed by atoms with E-state index in [1.807, 2.05) is 30.3 Å². The second kappa shape index (κ2) is 4.01. The quantitative estimate of drug-likeness (QED) is 0.749. The minimum Gasteiger partial charge on any atom is -0.484 e. The van der Waals surface area contributed by atoms with Crippen molar-refractivity contribution in [1.29, 1.82) is 0 Å². The molecule has 3 rings (SSSR count). The molecule has 1 unspecified atom stereocenters. The minimum absolute atomic E-state index is 0.126. The fourth-order valence-electron chi connectivity index (χ4n) is 2.03. The van der Waals surface area contributed by atoms with Crippen molar-refractivity contribution in [3.63, 3.8) is 0 Å². The number of pyridine rings is 1. The summed E-state index contributed by atoms with van der Waals surface area (Å²) in [6.45, 7) is 0. The number of carbonyl (C=O) groups is 1. The van der Waals surface area contributed by atoms with Crippen LogP contribution in [0.5, 0.6) is 5.75 Å². The Morgan fingerprint density at radius 3 is 2.88 bits per heavy atom. The lowest BCUT2D eigenvalue weighted by Gasteiger charge is -2.25. The molecule has 0 aliphatic carbocycles. The summed E-state index contributed by atoms with van der Waals surface area (Å²) in [6.07, 6.45) is 3.61. The molecular formula is C14H11NO2. The van der Waals surface area contributed by atoms with E-state index in [0.717, 1.165) is 5.56 Å². The van der Waals surface area contributed by atoms with Gasteiger partial charge in [0, 0.05) is 18.0 Å². The highest BCUT2D eigenvalue weighted by Crippen LogP contribution is 2.34. The van der Waals surface area contributed by atoms with Crippen LogP contribution in [0, 0.1) is 0 Å². The van der Waals surface area contributed by atoms with Gasteiger partial charge in [0.1, 0.15) is 11.9 Å². The van der Waals surface area contributed by atoms with Gasteiger partial charge in [-0.25, -0.2) is 0 Å². The van der Waals surface area contributed by atoms with Crippen LogP contribution in [0.15, 0.2) is 48.8 Å². The number of hydrogen-bond donors (Lipinski definition) is 0. The van der Waals surface area contributed by atoms with Crippen LogP contribution >= 0.6 is 0 Å². The first-order chi connectivity index (χ1) is 8.34. The molecule has 1 atom stereocenters. The molecule has 1 aromatic carbocycles. The third kappa shape index (κ3) is 1.80. The lowest BCUT2D eigenvalue weighted by Crippen LogP contribution is -2.20. The molecule has 1 aliphatic heterocycles. The van der Waals surface area contributed by atoms with E-state index in [-0.39, 0.29) is 11.9 Å². The Hall–Kier alpha value is -2.16. The molecule has 17 heavy (non-hydrogen) atoms. The van der Waals surface area contributed by atoms with Gasteiger partial charge in [-0.15, -0.1) is 0 Å². The van der Waals surface area contributed by atoms with Gasteiger partial charge in [0.15, 0.2) is 5.78 Å². The zero-order valence-electron chi connectivity index (χ0n) is 9.17. The van der Waals surface area contributed by atoms with E-state index in [2.05, 4.69) is 4.98 Å². The zero-order chi connectivity index (χ0) is 11.7. The van der Waals surface area contributed by atoms with Crippen molar-refractivity contribution < 1.29 is 9.53 Å². The van der Waals surface area contributed by atoms with Crippen molar-refractivity contribution in [3.05, 3.63) is 59.9 Å². The van der Waals surface area contributed by atoms with Crippen molar-refractivity contribution in [2.75, 3.05) is 0 Å². The summed E-state index contributed by atoms with van der Waals surface area (Å²) in [6, 6.07) is 11.1. The smallest absolute Gasteiger partial charge is 0.170 e. The lowest BCUT2D eigenvalue weighted by atomic mass is 9.97. The second-order valence-corrected chi connectivity index (χ2v) is 4.02. The molecule has 0 saturated carbocycles. The number of nitrogens with zero attached hydrogens (tertiary/aromatic N) is 1. The maximum atomic E-state index is 12.0. The number of benzene rings is 1. The molecular weight excluding hydrogens is 214 g/mol. The van der Waals surface area contributed by atoms with Crippen LogP contribution in [-0.4, -0.2) is 10.8 Å². The average molecular weight is 225 g/mol. The van der Waals surface area contributed by atoms with Gasteiger partial charge in [-0.1, -0.05) is 18.2 Å². The van der Waals surface area contributed by atoms with Crippen LogP contribution < -0.4 is 4.74 Å². The molecule has 0 amide bonds. The van der Waals surface area contributed by atoms with E-state index in [1.165, 1.54) is 0 Å². The van der Waals surface area contributed by atoms with Crippen molar-refractivity contribution >= 4 is 5.78 Å². The van der Waals surface area contributed by atoms with Gasteiger partial charge in [-0.05, 0) is 18.2 Å². The van der Waals surface area contributed by atoms with Crippen LogP contribution in [0.4, 0.5) is 0 Å². The van der Waals surface area contributed by atoms with Crippen molar-refractivity contribution in [2.45, 2.75) is 12.5 Å². The predicted octanol–water partition coefficient (Wildman–Crippen LogP) is 2.79. The molecule has 0 spiro atoms. The molecule has 2 aromatic rings. The van der Waals surface area contributed by atoms with Crippen LogP contribution in [-0.2, 0) is 0 Å². The van der Waals surface area contributed by atoms with Gasteiger partial charge < -0.3 is 4.74 Å². The molecule has 0 bridgehead atoms. The van der Waals surface area contributed by atoms with Crippen LogP contribution in [0.2, 0.25) is 0 Å². The molecule has 0 N–H and O–H groups in total. The number of ketones is 1. The third-order valence-corrected chi connectivity index (χ3v) is 2.88. The van der Waals surface area contributed by atoms with Gasteiger partial charge in [0.2, 0.25) is 0 Å². The minimum atomic E-state index is -0.217. The normalized spacial score (nSPS) is 18.4.